The molecule has 0 atom stereocenters. The van der Waals surface area contributed by atoms with Gasteiger partial charge in [0.1, 0.15) is 0 Å². The van der Waals surface area contributed by atoms with Gasteiger partial charge in [-0.2, -0.15) is 0 Å². The molecule has 0 unspecified atom stereocenters. The Morgan fingerprint density at radius 2 is 2.43 bits per heavy atom. The van der Waals surface area contributed by atoms with Gasteiger partial charge in [0.15, 0.2) is 0 Å². The van der Waals surface area contributed by atoms with Crippen LogP contribution in [0.25, 0.3) is 0 Å². The van der Waals surface area contributed by atoms with Crippen molar-refractivity contribution in [1.29, 1.82) is 0 Å². The van der Waals surface area contributed by atoms with E-state index in [1.165, 1.54) is 7.11 Å². The second-order valence-electron chi connectivity index (χ2n) is 0.860. The molecule has 0 heterocycles. The molecular weight excluding hydrogens is 114 g/mol. The molecule has 0 fully saturated rings. The normalized spacial score (nSPS) is 14.0. The number of nitrogens with one attached hydrogen (secondary N) is 1. The minimum atomic E-state index is -1.38. The average molecular weight is 128 g/mol. The van der Waals surface area contributed by atoms with Gasteiger partial charge in [0.25, 0.3) is 0 Å². The Kier molecular flexibility index (Phi) is 7.27. The molecular formula is C4H12ClNO. The van der Waals surface area contributed by atoms with Gasteiger partial charge in [-0.3, -0.25) is 0 Å². The molecule has 1 N–H and O–H groups in total. The molecule has 7 heavy (non-hydrogen) atoms. The molecule has 0 rings (SSSR count). The Bertz CT molecular complexity index is 71.6. The van der Waals surface area contributed by atoms with Gasteiger partial charge in [-0.1, -0.05) is 0 Å². The highest BCUT2D eigenvalue weighted by molar-refractivity contribution is 5.85. The highest BCUT2D eigenvalue weighted by Crippen LogP contribution is 1.57. The molecule has 0 bridgehead atoms. The number of methoxy groups -OCH3 is 1. The highest BCUT2D eigenvalue weighted by atomic mass is 35.5. The van der Waals surface area contributed by atoms with E-state index in [2.05, 4.69) is 10.1 Å². The number of likely N-dealkylation sites (N-methyl/N-ethyl adjacent to an activating group) is 1. The monoisotopic (exact) mass is 127 g/mol. The molecule has 0 amide bonds. The SMILES string of the molecule is Cl.[2H]C([2H])(COC)NC. The summed E-state index contributed by atoms with van der Waals surface area (Å²) in [6.07, 6.45) is 0. The van der Waals surface area contributed by atoms with E-state index in [4.69, 9.17) is 2.74 Å². The van der Waals surface area contributed by atoms with Crippen LogP contribution in [-0.4, -0.2) is 27.3 Å². The van der Waals surface area contributed by atoms with Gasteiger partial charge in [-0.05, 0) is 7.05 Å². The molecule has 0 saturated heterocycles. The zero-order valence-electron chi connectivity index (χ0n) is 6.52. The summed E-state index contributed by atoms with van der Waals surface area (Å²) in [6, 6.07) is 0. The maximum atomic E-state index is 7.01. The lowest BCUT2D eigenvalue weighted by molar-refractivity contribution is 0.201. The number of rotatable bonds is 3. The van der Waals surface area contributed by atoms with Crippen molar-refractivity contribution in [2.24, 2.45) is 0 Å². The highest BCUT2D eigenvalue weighted by Gasteiger charge is 1.72. The van der Waals surface area contributed by atoms with Crippen molar-refractivity contribution in [2.75, 3.05) is 27.3 Å². The van der Waals surface area contributed by atoms with Gasteiger partial charge >= 0.3 is 0 Å². The van der Waals surface area contributed by atoms with Crippen LogP contribution in [-0.2, 0) is 4.74 Å². The van der Waals surface area contributed by atoms with Crippen LogP contribution in [0.5, 0.6) is 0 Å². The lowest BCUT2D eigenvalue weighted by Crippen LogP contribution is -2.12. The van der Waals surface area contributed by atoms with E-state index in [0.717, 1.165) is 0 Å². The molecule has 2 nitrogen and oxygen atoms in total. The molecule has 0 saturated carbocycles. The molecule has 0 aliphatic carbocycles. The predicted molar refractivity (Wildman–Crippen MR) is 33.1 cm³/mol. The Morgan fingerprint density at radius 1 is 1.86 bits per heavy atom. The molecule has 0 aliphatic rings. The molecule has 0 aromatic carbocycles. The van der Waals surface area contributed by atoms with Crippen molar-refractivity contribution in [3.63, 3.8) is 0 Å². The molecule has 0 aliphatic heterocycles. The summed E-state index contributed by atoms with van der Waals surface area (Å²) in [6.45, 7) is -1.29. The van der Waals surface area contributed by atoms with E-state index in [1.54, 1.807) is 7.05 Å². The fraction of sp³-hybridized carbons (Fsp3) is 1.00. The van der Waals surface area contributed by atoms with Crippen molar-refractivity contribution < 1.29 is 7.48 Å². The average Bonchev–Trinajstić information content (AvgIpc) is 1.67. The predicted octanol–water partition coefficient (Wildman–Crippen LogP) is 0.274. The first kappa shape index (κ1) is 5.35. The van der Waals surface area contributed by atoms with Crippen LogP contribution in [0, 0.1) is 0 Å². The lowest BCUT2D eigenvalue weighted by Gasteiger charge is -1.92. The molecule has 0 radical (unpaired) electrons. The Balaban J connectivity index is 0. The second-order valence-corrected chi connectivity index (χ2v) is 0.860. The van der Waals surface area contributed by atoms with E-state index in [9.17, 15) is 0 Å². The third-order valence-corrected chi connectivity index (χ3v) is 0.393. The molecule has 0 aromatic rings. The maximum Gasteiger partial charge on any atom is 0.0587 e. The standard InChI is InChI=1S/C4H11NO.ClH/c1-5-3-4-6-2;/h5H,3-4H2,1-2H3;1H/i3D2;. The molecule has 0 spiro atoms. The van der Waals surface area contributed by atoms with Crippen molar-refractivity contribution in [3.8, 4) is 0 Å². The van der Waals surface area contributed by atoms with Crippen molar-refractivity contribution >= 4 is 12.4 Å². The topological polar surface area (TPSA) is 21.3 Å². The third kappa shape index (κ3) is 10.7. The van der Waals surface area contributed by atoms with Crippen LogP contribution < -0.4 is 5.32 Å². The Morgan fingerprint density at radius 3 is 2.57 bits per heavy atom. The van der Waals surface area contributed by atoms with E-state index in [0.29, 0.717) is 0 Å². The first-order valence-electron chi connectivity index (χ1n) is 2.80. The maximum absolute atomic E-state index is 7.01. The van der Waals surface area contributed by atoms with Crippen molar-refractivity contribution in [3.05, 3.63) is 0 Å². The Hall–Kier alpha value is 0.210. The van der Waals surface area contributed by atoms with E-state index in [1.807, 2.05) is 0 Å². The first-order valence-corrected chi connectivity index (χ1v) is 1.80. The zero-order valence-corrected chi connectivity index (χ0v) is 5.34. The van der Waals surface area contributed by atoms with E-state index in [-0.39, 0.29) is 19.0 Å². The smallest absolute Gasteiger partial charge is 0.0587 e. The quantitative estimate of drug-likeness (QED) is 0.588. The van der Waals surface area contributed by atoms with E-state index >= 15 is 0 Å². The van der Waals surface area contributed by atoms with Crippen LogP contribution >= 0.6 is 12.4 Å². The summed E-state index contributed by atoms with van der Waals surface area (Å²) in [5.41, 5.74) is 0. The summed E-state index contributed by atoms with van der Waals surface area (Å²) in [4.78, 5) is 0. The number of hydrogen-bond acceptors (Lipinski definition) is 2. The van der Waals surface area contributed by atoms with Crippen molar-refractivity contribution in [1.82, 2.24) is 5.32 Å². The van der Waals surface area contributed by atoms with Gasteiger partial charge in [-0.25, -0.2) is 0 Å². The largest absolute Gasteiger partial charge is 0.383 e. The van der Waals surface area contributed by atoms with Crippen LogP contribution in [0.4, 0.5) is 0 Å². The van der Waals surface area contributed by atoms with Crippen LogP contribution in [0.15, 0.2) is 0 Å². The van der Waals surface area contributed by atoms with Crippen LogP contribution in [0.1, 0.15) is 2.74 Å². The van der Waals surface area contributed by atoms with Gasteiger partial charge in [0.05, 0.1) is 6.61 Å². The fourth-order valence-electron chi connectivity index (χ4n) is 0.144. The molecule has 0 aromatic heterocycles. The zero-order chi connectivity index (χ0) is 6.62. The minimum Gasteiger partial charge on any atom is -0.383 e. The van der Waals surface area contributed by atoms with Gasteiger partial charge < -0.3 is 10.1 Å². The van der Waals surface area contributed by atoms with Gasteiger partial charge in [0.2, 0.25) is 0 Å². The summed E-state index contributed by atoms with van der Waals surface area (Å²) < 4.78 is 18.6. The molecule has 46 valence electrons. The summed E-state index contributed by atoms with van der Waals surface area (Å²) in [5.74, 6) is 0. The number of ether oxygens (including phenoxy) is 1. The van der Waals surface area contributed by atoms with Gasteiger partial charge in [0, 0.05) is 16.3 Å². The molecule has 3 heteroatoms. The van der Waals surface area contributed by atoms with E-state index < -0.39 is 6.50 Å². The summed E-state index contributed by atoms with van der Waals surface area (Å²) in [5, 5.41) is 2.45. The number of hydrogen-bond donors (Lipinski definition) is 1. The first-order chi connectivity index (χ1) is 3.62. The third-order valence-electron chi connectivity index (χ3n) is 0.393. The Labute approximate surface area is 53.5 Å². The summed E-state index contributed by atoms with van der Waals surface area (Å²) >= 11 is 0. The second kappa shape index (κ2) is 9.51. The van der Waals surface area contributed by atoms with Crippen LogP contribution in [0.3, 0.4) is 0 Å². The number of halogens is 1. The summed E-state index contributed by atoms with van der Waals surface area (Å²) in [7, 11) is 3.02. The lowest BCUT2D eigenvalue weighted by atomic mass is 10.7. The van der Waals surface area contributed by atoms with Gasteiger partial charge in [-0.15, -0.1) is 12.4 Å². The minimum absolute atomic E-state index is 0. The fourth-order valence-corrected chi connectivity index (χ4v) is 0.144. The van der Waals surface area contributed by atoms with Crippen molar-refractivity contribution in [2.45, 2.75) is 0 Å². The van der Waals surface area contributed by atoms with Crippen LogP contribution in [0.2, 0.25) is 0 Å².